The highest BCUT2D eigenvalue weighted by Crippen LogP contribution is 2.23. The maximum Gasteiger partial charge on any atom is 0.269 e. The molecule has 3 N–H and O–H groups in total. The van der Waals surface area contributed by atoms with Crippen LogP contribution in [0, 0.1) is 5.92 Å². The molecule has 194 valence electrons. The molecular formula is C25H32N4O6S. The van der Waals surface area contributed by atoms with Crippen molar-refractivity contribution in [1.82, 2.24) is 20.3 Å². The summed E-state index contributed by atoms with van der Waals surface area (Å²) in [4.78, 5) is 40.5. The zero-order valence-electron chi connectivity index (χ0n) is 20.3. The summed E-state index contributed by atoms with van der Waals surface area (Å²) in [6.45, 7) is 1.14. The number of rotatable bonds is 11. The van der Waals surface area contributed by atoms with Crippen molar-refractivity contribution in [3.05, 3.63) is 59.4 Å². The molecule has 1 aromatic heterocycles. The van der Waals surface area contributed by atoms with Crippen LogP contribution >= 0.6 is 0 Å². The van der Waals surface area contributed by atoms with Crippen molar-refractivity contribution < 1.29 is 27.5 Å². The fourth-order valence-corrected chi connectivity index (χ4v) is 4.91. The van der Waals surface area contributed by atoms with E-state index in [4.69, 9.17) is 4.74 Å². The predicted molar refractivity (Wildman–Crippen MR) is 133 cm³/mol. The molecule has 1 aliphatic rings. The third kappa shape index (κ3) is 7.85. The van der Waals surface area contributed by atoms with Crippen molar-refractivity contribution in [2.45, 2.75) is 43.4 Å². The van der Waals surface area contributed by atoms with Crippen LogP contribution in [-0.2, 0) is 26.0 Å². The van der Waals surface area contributed by atoms with Gasteiger partial charge in [-0.2, -0.15) is 0 Å². The van der Waals surface area contributed by atoms with E-state index in [2.05, 4.69) is 15.6 Å². The fraction of sp³-hybridized carbons (Fsp3) is 0.440. The van der Waals surface area contributed by atoms with E-state index in [0.29, 0.717) is 26.1 Å². The van der Waals surface area contributed by atoms with Crippen LogP contribution in [0.15, 0.2) is 47.5 Å². The van der Waals surface area contributed by atoms with Gasteiger partial charge in [-0.3, -0.25) is 19.4 Å². The fourth-order valence-electron chi connectivity index (χ4n) is 3.93. The number of methoxy groups -OCH3 is 1. The quantitative estimate of drug-likeness (QED) is 0.387. The largest absolute Gasteiger partial charge is 0.383 e. The Morgan fingerprint density at radius 2 is 1.67 bits per heavy atom. The van der Waals surface area contributed by atoms with Crippen molar-refractivity contribution in [3.8, 4) is 0 Å². The first-order valence-electron chi connectivity index (χ1n) is 12.0. The number of hydrogen-bond donors (Lipinski definition) is 3. The SMILES string of the molecule is COCCNC(=O)c1ccc(C(=O)NS(=O)(=O)c2ccc(CCNC(=O)C3CCCCC3)cc2)cn1. The number of ether oxygens (including phenoxy) is 1. The van der Waals surface area contributed by atoms with Crippen molar-refractivity contribution in [2.75, 3.05) is 26.8 Å². The van der Waals surface area contributed by atoms with Crippen LogP contribution in [0.2, 0.25) is 0 Å². The van der Waals surface area contributed by atoms with E-state index in [9.17, 15) is 22.8 Å². The molecule has 3 amide bonds. The first-order chi connectivity index (χ1) is 17.3. The van der Waals surface area contributed by atoms with Crippen molar-refractivity contribution >= 4 is 27.7 Å². The maximum absolute atomic E-state index is 12.6. The van der Waals surface area contributed by atoms with Crippen molar-refractivity contribution in [1.29, 1.82) is 0 Å². The lowest BCUT2D eigenvalue weighted by molar-refractivity contribution is -0.125. The molecule has 11 heteroatoms. The van der Waals surface area contributed by atoms with Gasteiger partial charge >= 0.3 is 0 Å². The second kappa shape index (κ2) is 13.1. The summed E-state index contributed by atoms with van der Waals surface area (Å²) in [6, 6.07) is 8.81. The number of hydrogen-bond acceptors (Lipinski definition) is 7. The lowest BCUT2D eigenvalue weighted by Gasteiger charge is -2.20. The van der Waals surface area contributed by atoms with E-state index >= 15 is 0 Å². The van der Waals surface area contributed by atoms with E-state index < -0.39 is 21.8 Å². The number of nitrogens with one attached hydrogen (secondary N) is 3. The topological polar surface area (TPSA) is 144 Å². The van der Waals surface area contributed by atoms with Crippen LogP contribution in [0.25, 0.3) is 0 Å². The predicted octanol–water partition coefficient (Wildman–Crippen LogP) is 1.82. The molecule has 1 heterocycles. The second-order valence-electron chi connectivity index (χ2n) is 8.64. The molecule has 0 spiro atoms. The highest BCUT2D eigenvalue weighted by Gasteiger charge is 2.21. The van der Waals surface area contributed by atoms with Gasteiger partial charge in [-0.25, -0.2) is 13.1 Å². The van der Waals surface area contributed by atoms with Gasteiger partial charge in [-0.05, 0) is 49.1 Å². The highest BCUT2D eigenvalue weighted by atomic mass is 32.2. The minimum Gasteiger partial charge on any atom is -0.383 e. The number of amides is 3. The van der Waals surface area contributed by atoms with E-state index in [1.807, 2.05) is 4.72 Å². The summed E-state index contributed by atoms with van der Waals surface area (Å²) < 4.78 is 32.2. The van der Waals surface area contributed by atoms with Crippen molar-refractivity contribution in [2.24, 2.45) is 5.92 Å². The summed E-state index contributed by atoms with van der Waals surface area (Å²) in [6.07, 6.45) is 6.97. The van der Waals surface area contributed by atoms with Crippen LogP contribution < -0.4 is 15.4 Å². The monoisotopic (exact) mass is 516 g/mol. The number of pyridine rings is 1. The van der Waals surface area contributed by atoms with Gasteiger partial charge in [0.05, 0.1) is 17.1 Å². The Labute approximate surface area is 211 Å². The summed E-state index contributed by atoms with van der Waals surface area (Å²) in [5.41, 5.74) is 0.959. The molecule has 0 saturated heterocycles. The Bertz CT molecular complexity index is 1140. The molecule has 0 unspecified atom stereocenters. The van der Waals surface area contributed by atoms with Crippen LogP contribution in [0.5, 0.6) is 0 Å². The Hall–Kier alpha value is -3.31. The minimum atomic E-state index is -4.10. The number of carbonyl (C=O) groups excluding carboxylic acids is 3. The number of aromatic nitrogens is 1. The minimum absolute atomic E-state index is 0.00246. The molecule has 10 nitrogen and oxygen atoms in total. The maximum atomic E-state index is 12.6. The Kier molecular flexibility index (Phi) is 9.95. The van der Waals surface area contributed by atoms with Gasteiger partial charge in [0.25, 0.3) is 21.8 Å². The second-order valence-corrected chi connectivity index (χ2v) is 10.3. The summed E-state index contributed by atoms with van der Waals surface area (Å²) in [5, 5.41) is 5.57. The lowest BCUT2D eigenvalue weighted by Crippen LogP contribution is -2.33. The molecule has 0 aliphatic heterocycles. The Morgan fingerprint density at radius 1 is 0.944 bits per heavy atom. The molecule has 1 fully saturated rings. The standard InChI is InChI=1S/C25H32N4O6S/c1-35-16-15-27-25(32)22-12-9-20(17-28-22)24(31)29-36(33,34)21-10-7-18(8-11-21)13-14-26-23(30)19-5-3-2-4-6-19/h7-12,17,19H,2-6,13-16H2,1H3,(H,26,30)(H,27,32)(H,29,31). The average Bonchev–Trinajstić information content (AvgIpc) is 2.89. The highest BCUT2D eigenvalue weighted by molar-refractivity contribution is 7.90. The number of nitrogens with zero attached hydrogens (tertiary/aromatic N) is 1. The van der Waals surface area contributed by atoms with Crippen LogP contribution in [0.4, 0.5) is 0 Å². The molecule has 0 bridgehead atoms. The Balaban J connectivity index is 1.50. The molecule has 0 atom stereocenters. The zero-order chi connectivity index (χ0) is 26.0. The van der Waals surface area contributed by atoms with E-state index in [-0.39, 0.29) is 28.0 Å². The smallest absolute Gasteiger partial charge is 0.269 e. The molecule has 1 saturated carbocycles. The van der Waals surface area contributed by atoms with E-state index in [1.54, 1.807) is 12.1 Å². The van der Waals surface area contributed by atoms with E-state index in [0.717, 1.165) is 37.4 Å². The van der Waals surface area contributed by atoms with Gasteiger partial charge in [-0.15, -0.1) is 0 Å². The number of benzene rings is 1. The summed E-state index contributed by atoms with van der Waals surface area (Å²) >= 11 is 0. The molecule has 2 aromatic rings. The summed E-state index contributed by atoms with van der Waals surface area (Å²) in [7, 11) is -2.59. The number of carbonyl (C=O) groups is 3. The zero-order valence-corrected chi connectivity index (χ0v) is 21.1. The van der Waals surface area contributed by atoms with E-state index in [1.165, 1.54) is 37.8 Å². The lowest BCUT2D eigenvalue weighted by atomic mass is 9.88. The first kappa shape index (κ1) is 27.3. The average molecular weight is 517 g/mol. The van der Waals surface area contributed by atoms with Gasteiger partial charge in [0.1, 0.15) is 5.69 Å². The van der Waals surface area contributed by atoms with Gasteiger partial charge in [0.15, 0.2) is 0 Å². The Morgan fingerprint density at radius 3 is 2.31 bits per heavy atom. The van der Waals surface area contributed by atoms with Crippen LogP contribution in [-0.4, -0.2) is 57.9 Å². The molecule has 1 aliphatic carbocycles. The summed E-state index contributed by atoms with van der Waals surface area (Å²) in [5.74, 6) is -1.10. The third-order valence-electron chi connectivity index (χ3n) is 6.00. The molecule has 36 heavy (non-hydrogen) atoms. The van der Waals surface area contributed by atoms with Crippen LogP contribution in [0.1, 0.15) is 58.5 Å². The first-order valence-corrected chi connectivity index (χ1v) is 13.5. The van der Waals surface area contributed by atoms with Gasteiger partial charge in [-0.1, -0.05) is 31.4 Å². The van der Waals surface area contributed by atoms with Gasteiger partial charge in [0, 0.05) is 32.3 Å². The van der Waals surface area contributed by atoms with Crippen LogP contribution in [0.3, 0.4) is 0 Å². The molecular weight excluding hydrogens is 484 g/mol. The van der Waals surface area contributed by atoms with Gasteiger partial charge < -0.3 is 15.4 Å². The molecule has 0 radical (unpaired) electrons. The number of sulfonamides is 1. The third-order valence-corrected chi connectivity index (χ3v) is 7.35. The van der Waals surface area contributed by atoms with Crippen molar-refractivity contribution in [3.63, 3.8) is 0 Å². The molecule has 1 aromatic carbocycles. The van der Waals surface area contributed by atoms with Gasteiger partial charge in [0.2, 0.25) is 5.91 Å². The normalized spacial score (nSPS) is 14.1. The molecule has 3 rings (SSSR count).